The number of ether oxygens (including phenoxy) is 1. The molecule has 1 aliphatic heterocycles. The predicted molar refractivity (Wildman–Crippen MR) is 75.3 cm³/mol. The lowest BCUT2D eigenvalue weighted by molar-refractivity contribution is -0.0131. The molecule has 2 N–H and O–H groups in total. The van der Waals surface area contributed by atoms with Crippen LogP contribution in [0.1, 0.15) is 40.0 Å². The van der Waals surface area contributed by atoms with E-state index in [2.05, 4.69) is 42.0 Å². The highest BCUT2D eigenvalue weighted by molar-refractivity contribution is 9.09. The summed E-state index contributed by atoms with van der Waals surface area (Å²) in [6, 6.07) is 0. The van der Waals surface area contributed by atoms with Gasteiger partial charge in [-0.2, -0.15) is 0 Å². The van der Waals surface area contributed by atoms with Crippen molar-refractivity contribution < 1.29 is 14.6 Å². The average Bonchev–Trinajstić information content (AvgIpc) is 2.27. The van der Waals surface area contributed by atoms with Gasteiger partial charge in [-0.25, -0.2) is 4.79 Å². The largest absolute Gasteiger partial charge is 0.465 e. The Labute approximate surface area is 118 Å². The van der Waals surface area contributed by atoms with Crippen LogP contribution in [-0.4, -0.2) is 35.3 Å². The van der Waals surface area contributed by atoms with Gasteiger partial charge in [0.2, 0.25) is 0 Å². The van der Waals surface area contributed by atoms with E-state index in [9.17, 15) is 9.90 Å². The van der Waals surface area contributed by atoms with Crippen LogP contribution in [-0.2, 0) is 4.74 Å². The van der Waals surface area contributed by atoms with Crippen LogP contribution in [0.15, 0.2) is 0 Å². The summed E-state index contributed by atoms with van der Waals surface area (Å²) >= 11 is 3.47. The normalized spacial score (nSPS) is 21.3. The Balaban J connectivity index is 3.05. The Kier molecular flexibility index (Phi) is 5.46. The third-order valence-corrected chi connectivity index (χ3v) is 4.47. The van der Waals surface area contributed by atoms with Crippen LogP contribution in [0.2, 0.25) is 0 Å². The summed E-state index contributed by atoms with van der Waals surface area (Å²) in [6.07, 6.45) is 1.71. The molecule has 0 radical (unpaired) electrons. The molecule has 0 aliphatic carbocycles. The van der Waals surface area contributed by atoms with E-state index in [0.29, 0.717) is 5.92 Å². The lowest BCUT2D eigenvalue weighted by Crippen LogP contribution is -2.62. The summed E-state index contributed by atoms with van der Waals surface area (Å²) in [5.41, 5.74) is -0.521. The number of nitrogens with one attached hydrogen (secondary N) is 1. The third kappa shape index (κ3) is 3.38. The van der Waals surface area contributed by atoms with Gasteiger partial charge in [-0.15, -0.1) is 0 Å². The van der Waals surface area contributed by atoms with Gasteiger partial charge in [0.05, 0.1) is 5.54 Å². The molecule has 0 bridgehead atoms. The van der Waals surface area contributed by atoms with Gasteiger partial charge in [0, 0.05) is 18.5 Å². The Morgan fingerprint density at radius 3 is 2.33 bits per heavy atom. The van der Waals surface area contributed by atoms with Crippen molar-refractivity contribution in [1.82, 2.24) is 5.32 Å². The summed E-state index contributed by atoms with van der Waals surface area (Å²) in [5, 5.41) is 12.8. The van der Waals surface area contributed by atoms with E-state index in [-0.39, 0.29) is 5.41 Å². The van der Waals surface area contributed by atoms with Gasteiger partial charge in [0.25, 0.3) is 0 Å². The second kappa shape index (κ2) is 6.24. The fourth-order valence-electron chi connectivity index (χ4n) is 3.07. The molecule has 0 aromatic rings. The maximum atomic E-state index is 11.2. The number of alkyl halides is 1. The highest BCUT2D eigenvalue weighted by Crippen LogP contribution is 2.43. The van der Waals surface area contributed by atoms with Crippen molar-refractivity contribution in [3.63, 3.8) is 0 Å². The lowest BCUT2D eigenvalue weighted by Gasteiger charge is -2.51. The number of carbonyl (C=O) groups is 1. The van der Waals surface area contributed by atoms with Gasteiger partial charge in [0.15, 0.2) is 0 Å². The molecule has 1 fully saturated rings. The molecule has 18 heavy (non-hydrogen) atoms. The molecule has 106 valence electrons. The molecule has 0 saturated carbocycles. The Morgan fingerprint density at radius 1 is 1.39 bits per heavy atom. The molecular weight excluding hydrogens is 298 g/mol. The first-order valence-electron chi connectivity index (χ1n) is 6.48. The van der Waals surface area contributed by atoms with Crippen LogP contribution in [0.4, 0.5) is 4.79 Å². The molecule has 1 heterocycles. The summed E-state index contributed by atoms with van der Waals surface area (Å²) in [6.45, 7) is 7.79. The summed E-state index contributed by atoms with van der Waals surface area (Å²) in [7, 11) is 0. The molecule has 1 aliphatic rings. The first-order valence-corrected chi connectivity index (χ1v) is 7.60. The maximum absolute atomic E-state index is 11.2. The molecule has 0 spiro atoms. The van der Waals surface area contributed by atoms with Crippen LogP contribution in [0.5, 0.6) is 0 Å². The quantitative estimate of drug-likeness (QED) is 0.781. The molecule has 1 atom stereocenters. The number of hydrogen-bond acceptors (Lipinski definition) is 2. The van der Waals surface area contributed by atoms with Crippen LogP contribution >= 0.6 is 15.9 Å². The average molecular weight is 322 g/mol. The van der Waals surface area contributed by atoms with E-state index in [0.717, 1.165) is 37.8 Å². The van der Waals surface area contributed by atoms with Crippen molar-refractivity contribution in [3.8, 4) is 0 Å². The minimum Gasteiger partial charge on any atom is -0.465 e. The molecule has 5 heteroatoms. The maximum Gasteiger partial charge on any atom is 0.405 e. The monoisotopic (exact) mass is 321 g/mol. The fourth-order valence-corrected chi connectivity index (χ4v) is 3.70. The number of carboxylic acid groups (broad SMARTS) is 1. The smallest absolute Gasteiger partial charge is 0.405 e. The number of hydrogen-bond donors (Lipinski definition) is 2. The molecule has 1 amide bonds. The van der Waals surface area contributed by atoms with Crippen LogP contribution in [0, 0.1) is 11.3 Å². The van der Waals surface area contributed by atoms with Gasteiger partial charge >= 0.3 is 6.09 Å². The number of amides is 1. The summed E-state index contributed by atoms with van der Waals surface area (Å²) < 4.78 is 5.40. The Bertz CT molecular complexity index is 284. The SMILES string of the molecule is CC(C)(C)C(CCBr)(NC(=O)O)C1CCOCC1. The standard InChI is InChI=1S/C13H24BrNO3/c1-12(2,3)13(6-7-14,15-11(16)17)10-4-8-18-9-5-10/h10,15H,4-9H2,1-3H3,(H,16,17). The van der Waals surface area contributed by atoms with E-state index in [4.69, 9.17) is 4.74 Å². The van der Waals surface area contributed by atoms with Crippen molar-refractivity contribution >= 4 is 22.0 Å². The van der Waals surface area contributed by atoms with E-state index >= 15 is 0 Å². The highest BCUT2D eigenvalue weighted by atomic mass is 79.9. The molecule has 0 aromatic carbocycles. The van der Waals surface area contributed by atoms with Crippen molar-refractivity contribution in [2.45, 2.75) is 45.6 Å². The first-order chi connectivity index (χ1) is 8.33. The topological polar surface area (TPSA) is 58.6 Å². The van der Waals surface area contributed by atoms with Crippen molar-refractivity contribution in [1.29, 1.82) is 0 Å². The van der Waals surface area contributed by atoms with Gasteiger partial charge in [-0.3, -0.25) is 0 Å². The Morgan fingerprint density at radius 2 is 1.94 bits per heavy atom. The van der Waals surface area contributed by atoms with Crippen molar-refractivity contribution in [2.24, 2.45) is 11.3 Å². The zero-order valence-corrected chi connectivity index (χ0v) is 13.0. The second-order valence-electron chi connectivity index (χ2n) is 5.98. The molecule has 1 saturated heterocycles. The van der Waals surface area contributed by atoms with E-state index in [1.165, 1.54) is 0 Å². The predicted octanol–water partition coefficient (Wildman–Crippen LogP) is 3.25. The molecular formula is C13H24BrNO3. The van der Waals surface area contributed by atoms with Gasteiger partial charge < -0.3 is 15.2 Å². The van der Waals surface area contributed by atoms with E-state index in [1.54, 1.807) is 0 Å². The minimum absolute atomic E-state index is 0.124. The summed E-state index contributed by atoms with van der Waals surface area (Å²) in [4.78, 5) is 11.2. The summed E-state index contributed by atoms with van der Waals surface area (Å²) in [5.74, 6) is 0.333. The third-order valence-electron chi connectivity index (χ3n) is 4.08. The van der Waals surface area contributed by atoms with Crippen molar-refractivity contribution in [3.05, 3.63) is 0 Å². The van der Waals surface area contributed by atoms with Gasteiger partial charge in [-0.05, 0) is 30.6 Å². The molecule has 1 rings (SSSR count). The highest BCUT2D eigenvalue weighted by Gasteiger charge is 2.48. The zero-order chi connectivity index (χ0) is 13.8. The van der Waals surface area contributed by atoms with Crippen LogP contribution < -0.4 is 5.32 Å². The molecule has 4 nitrogen and oxygen atoms in total. The fraction of sp³-hybridized carbons (Fsp3) is 0.923. The van der Waals surface area contributed by atoms with Crippen LogP contribution in [0.25, 0.3) is 0 Å². The molecule has 0 aromatic heterocycles. The first kappa shape index (κ1) is 15.8. The minimum atomic E-state index is -0.933. The second-order valence-corrected chi connectivity index (χ2v) is 6.77. The molecule has 1 unspecified atom stereocenters. The number of rotatable bonds is 4. The van der Waals surface area contributed by atoms with E-state index < -0.39 is 11.6 Å². The number of halogens is 1. The lowest BCUT2D eigenvalue weighted by atomic mass is 9.62. The Hall–Kier alpha value is -0.290. The van der Waals surface area contributed by atoms with Gasteiger partial charge in [0.1, 0.15) is 0 Å². The van der Waals surface area contributed by atoms with Gasteiger partial charge in [-0.1, -0.05) is 36.7 Å². The van der Waals surface area contributed by atoms with E-state index in [1.807, 2.05) is 0 Å². The zero-order valence-electron chi connectivity index (χ0n) is 11.5. The van der Waals surface area contributed by atoms with Crippen LogP contribution in [0.3, 0.4) is 0 Å². The van der Waals surface area contributed by atoms with Crippen molar-refractivity contribution in [2.75, 3.05) is 18.5 Å².